The van der Waals surface area contributed by atoms with Crippen molar-refractivity contribution in [3.05, 3.63) is 57.3 Å². The van der Waals surface area contributed by atoms with Crippen molar-refractivity contribution in [3.8, 4) is 23.0 Å². The van der Waals surface area contributed by atoms with Crippen LogP contribution in [-0.4, -0.2) is 22.4 Å². The van der Waals surface area contributed by atoms with E-state index < -0.39 is 5.43 Å². The Kier molecular flexibility index (Phi) is 6.02. The summed E-state index contributed by atoms with van der Waals surface area (Å²) in [5, 5.41) is 32.1. The Labute approximate surface area is 180 Å². The molecule has 0 aliphatic heterocycles. The number of methoxy groups -OCH3 is 1. The number of aromatic hydroxyl groups is 3. The van der Waals surface area contributed by atoms with Crippen molar-refractivity contribution < 1.29 is 24.5 Å². The molecule has 0 spiro atoms. The fraction of sp³-hybridized carbons (Fsp3) is 0.320. The molecule has 0 saturated heterocycles. The smallest absolute Gasteiger partial charge is 0.204 e. The van der Waals surface area contributed by atoms with Crippen molar-refractivity contribution in [1.82, 2.24) is 0 Å². The zero-order chi connectivity index (χ0) is 23.0. The van der Waals surface area contributed by atoms with Crippen LogP contribution in [0, 0.1) is 5.92 Å². The first-order chi connectivity index (χ1) is 14.6. The molecule has 0 bridgehead atoms. The van der Waals surface area contributed by atoms with Gasteiger partial charge in [0.15, 0.2) is 11.5 Å². The van der Waals surface area contributed by atoms with Crippen LogP contribution >= 0.6 is 0 Å². The molecule has 1 heterocycles. The molecule has 0 radical (unpaired) electrons. The topological polar surface area (TPSA) is 100 Å². The van der Waals surface area contributed by atoms with E-state index in [1.807, 2.05) is 33.8 Å². The fourth-order valence-corrected chi connectivity index (χ4v) is 3.63. The molecule has 0 aliphatic carbocycles. The second-order valence-electron chi connectivity index (χ2n) is 8.24. The Bertz CT molecular complexity index is 1280. The normalized spacial score (nSPS) is 12.2. The Morgan fingerprint density at radius 3 is 2.29 bits per heavy atom. The summed E-state index contributed by atoms with van der Waals surface area (Å²) in [7, 11) is 1.42. The maximum Gasteiger partial charge on any atom is 0.204 e. The van der Waals surface area contributed by atoms with Gasteiger partial charge in [-0.3, -0.25) is 4.79 Å². The van der Waals surface area contributed by atoms with Crippen molar-refractivity contribution in [2.75, 3.05) is 7.11 Å². The third-order valence-corrected chi connectivity index (χ3v) is 5.61. The number of allylic oxidation sites excluding steroid dienone is 3. The van der Waals surface area contributed by atoms with Gasteiger partial charge in [-0.2, -0.15) is 0 Å². The Balaban J connectivity index is 2.42. The van der Waals surface area contributed by atoms with Gasteiger partial charge in [0.05, 0.1) is 12.5 Å². The largest absolute Gasteiger partial charge is 0.507 e. The number of ether oxygens (including phenoxy) is 1. The summed E-state index contributed by atoms with van der Waals surface area (Å²) < 4.78 is 11.2. The minimum absolute atomic E-state index is 0.00739. The molecule has 0 saturated carbocycles. The maximum absolute atomic E-state index is 13.6. The molecule has 0 fully saturated rings. The van der Waals surface area contributed by atoms with Gasteiger partial charge in [0.25, 0.3) is 0 Å². The molecular weight excluding hydrogens is 396 g/mol. The number of benzene rings is 2. The van der Waals surface area contributed by atoms with Gasteiger partial charge in [-0.25, -0.2) is 0 Å². The highest BCUT2D eigenvalue weighted by atomic mass is 16.5. The molecule has 3 aromatic rings. The molecular formula is C25H28O6. The molecule has 31 heavy (non-hydrogen) atoms. The first kappa shape index (κ1) is 22.3. The summed E-state index contributed by atoms with van der Waals surface area (Å²) in [6.45, 7) is 11.6. The molecule has 0 aliphatic rings. The minimum Gasteiger partial charge on any atom is -0.507 e. The lowest BCUT2D eigenvalue weighted by molar-refractivity contribution is 0.370. The first-order valence-electron chi connectivity index (χ1n) is 10.1. The number of hydrogen-bond acceptors (Lipinski definition) is 6. The van der Waals surface area contributed by atoms with Crippen LogP contribution in [0.3, 0.4) is 0 Å². The lowest BCUT2D eigenvalue weighted by Crippen LogP contribution is -2.09. The SMILES string of the molecule is C=C(C)[C@H](C)Cc1c(O)cc2oc3cc(O)c(OC)c(CC=C(C)C)c3c(=O)c2c1O. The number of rotatable bonds is 6. The van der Waals surface area contributed by atoms with Crippen molar-refractivity contribution >= 4 is 21.9 Å². The lowest BCUT2D eigenvalue weighted by atomic mass is 9.93. The fourth-order valence-electron chi connectivity index (χ4n) is 3.63. The van der Waals surface area contributed by atoms with E-state index in [-0.39, 0.29) is 56.4 Å². The highest BCUT2D eigenvalue weighted by Crippen LogP contribution is 2.41. The average molecular weight is 424 g/mol. The maximum atomic E-state index is 13.6. The molecule has 2 aromatic carbocycles. The Morgan fingerprint density at radius 1 is 1.10 bits per heavy atom. The summed E-state index contributed by atoms with van der Waals surface area (Å²) in [6.07, 6.45) is 2.58. The lowest BCUT2D eigenvalue weighted by Gasteiger charge is -2.16. The van der Waals surface area contributed by atoms with Gasteiger partial charge < -0.3 is 24.5 Å². The number of hydrogen-bond donors (Lipinski definition) is 3. The molecule has 3 rings (SSSR count). The number of phenols is 3. The first-order valence-corrected chi connectivity index (χ1v) is 10.1. The van der Waals surface area contributed by atoms with Crippen LogP contribution in [0.5, 0.6) is 23.0 Å². The van der Waals surface area contributed by atoms with Crippen molar-refractivity contribution in [2.45, 2.75) is 40.5 Å². The van der Waals surface area contributed by atoms with Crippen LogP contribution in [-0.2, 0) is 12.8 Å². The van der Waals surface area contributed by atoms with E-state index in [0.717, 1.165) is 11.1 Å². The van der Waals surface area contributed by atoms with E-state index in [1.165, 1.54) is 19.2 Å². The van der Waals surface area contributed by atoms with Gasteiger partial charge in [0.2, 0.25) is 5.43 Å². The Morgan fingerprint density at radius 2 is 1.71 bits per heavy atom. The van der Waals surface area contributed by atoms with Gasteiger partial charge in [-0.1, -0.05) is 30.7 Å². The monoisotopic (exact) mass is 424 g/mol. The van der Waals surface area contributed by atoms with E-state index in [4.69, 9.17) is 9.15 Å². The predicted molar refractivity (Wildman–Crippen MR) is 122 cm³/mol. The third-order valence-electron chi connectivity index (χ3n) is 5.61. The average Bonchev–Trinajstić information content (AvgIpc) is 2.68. The summed E-state index contributed by atoms with van der Waals surface area (Å²) >= 11 is 0. The summed E-state index contributed by atoms with van der Waals surface area (Å²) in [5.41, 5.74) is 2.41. The number of phenolic OH excluding ortho intramolecular Hbond substituents is 3. The molecule has 0 amide bonds. The van der Waals surface area contributed by atoms with E-state index in [2.05, 4.69) is 6.58 Å². The van der Waals surface area contributed by atoms with Gasteiger partial charge in [-0.15, -0.1) is 0 Å². The van der Waals surface area contributed by atoms with Crippen molar-refractivity contribution in [3.63, 3.8) is 0 Å². The van der Waals surface area contributed by atoms with Gasteiger partial charge in [0, 0.05) is 23.3 Å². The molecule has 164 valence electrons. The van der Waals surface area contributed by atoms with Crippen molar-refractivity contribution in [2.24, 2.45) is 5.92 Å². The van der Waals surface area contributed by atoms with Gasteiger partial charge in [-0.05, 0) is 39.5 Å². The second-order valence-corrected chi connectivity index (χ2v) is 8.24. The second kappa shape index (κ2) is 8.38. The van der Waals surface area contributed by atoms with Crippen LogP contribution < -0.4 is 10.2 Å². The van der Waals surface area contributed by atoms with E-state index in [0.29, 0.717) is 18.4 Å². The molecule has 1 atom stereocenters. The molecule has 6 heteroatoms. The molecule has 6 nitrogen and oxygen atoms in total. The van der Waals surface area contributed by atoms with Crippen LogP contribution in [0.4, 0.5) is 0 Å². The third kappa shape index (κ3) is 3.98. The van der Waals surface area contributed by atoms with E-state index in [1.54, 1.807) is 0 Å². The number of fused-ring (bicyclic) bond motifs is 2. The summed E-state index contributed by atoms with van der Waals surface area (Å²) in [5.74, 6) is -0.449. The quantitative estimate of drug-likeness (QED) is 0.365. The summed E-state index contributed by atoms with van der Waals surface area (Å²) in [6, 6.07) is 2.64. The van der Waals surface area contributed by atoms with E-state index >= 15 is 0 Å². The van der Waals surface area contributed by atoms with Crippen LogP contribution in [0.25, 0.3) is 21.9 Å². The highest BCUT2D eigenvalue weighted by molar-refractivity contribution is 5.97. The summed E-state index contributed by atoms with van der Waals surface area (Å²) in [4.78, 5) is 13.6. The van der Waals surface area contributed by atoms with Gasteiger partial charge in [0.1, 0.15) is 28.1 Å². The zero-order valence-corrected chi connectivity index (χ0v) is 18.5. The highest BCUT2D eigenvalue weighted by Gasteiger charge is 2.24. The Hall–Kier alpha value is -3.41. The van der Waals surface area contributed by atoms with Crippen LogP contribution in [0.2, 0.25) is 0 Å². The van der Waals surface area contributed by atoms with E-state index in [9.17, 15) is 20.1 Å². The predicted octanol–water partition coefficient (Wildman–Crippen LogP) is 5.34. The molecule has 1 aromatic heterocycles. The van der Waals surface area contributed by atoms with Crippen LogP contribution in [0.1, 0.15) is 38.8 Å². The van der Waals surface area contributed by atoms with Gasteiger partial charge >= 0.3 is 0 Å². The molecule has 0 unspecified atom stereocenters. The standard InChI is InChI=1S/C25H28O6/c1-12(2)7-8-15-21-19(11-18(27)25(15)30-6)31-20-10-17(26)16(9-14(5)13(3)4)23(28)22(20)24(21)29/h7,10-11,14,26-28H,3,8-9H2,1-2,4-6H3/t14-/m1/s1. The van der Waals surface area contributed by atoms with Crippen LogP contribution in [0.15, 0.2) is 45.1 Å². The zero-order valence-electron chi connectivity index (χ0n) is 18.5. The minimum atomic E-state index is -0.451. The molecule has 3 N–H and O–H groups in total. The van der Waals surface area contributed by atoms with Crippen molar-refractivity contribution in [1.29, 1.82) is 0 Å².